The molecule has 0 amide bonds. The van der Waals surface area contributed by atoms with Crippen molar-refractivity contribution in [2.24, 2.45) is 4.99 Å². The van der Waals surface area contributed by atoms with Crippen LogP contribution >= 0.6 is 11.6 Å². The first-order valence-electron chi connectivity index (χ1n) is 11.0. The predicted molar refractivity (Wildman–Crippen MR) is 142 cm³/mol. The van der Waals surface area contributed by atoms with E-state index in [1.165, 1.54) is 18.7 Å². The van der Waals surface area contributed by atoms with Crippen molar-refractivity contribution in [3.8, 4) is 5.88 Å². The van der Waals surface area contributed by atoms with Crippen LogP contribution in [0.4, 0.5) is 5.69 Å². The molecule has 0 spiro atoms. The lowest BCUT2D eigenvalue weighted by molar-refractivity contribution is -0.134. The van der Waals surface area contributed by atoms with Crippen molar-refractivity contribution in [2.45, 2.75) is 6.54 Å². The molecule has 0 radical (unpaired) electrons. The maximum Gasteiger partial charge on any atom is 0.330 e. The highest BCUT2D eigenvalue weighted by molar-refractivity contribution is 6.31. The molecule has 0 unspecified atom stereocenters. The number of hydrogen-bond donors (Lipinski definition) is 2. The van der Waals surface area contributed by atoms with Gasteiger partial charge in [0.1, 0.15) is 0 Å². The van der Waals surface area contributed by atoms with Crippen molar-refractivity contribution >= 4 is 45.9 Å². The molecule has 3 aromatic carbocycles. The molecule has 1 heterocycles. The number of esters is 1. The van der Waals surface area contributed by atoms with Gasteiger partial charge in [-0.15, -0.1) is 0 Å². The van der Waals surface area contributed by atoms with Crippen LogP contribution in [0.5, 0.6) is 5.88 Å². The van der Waals surface area contributed by atoms with Crippen molar-refractivity contribution in [3.05, 3.63) is 100 Å². The lowest BCUT2D eigenvalue weighted by atomic mass is 9.99. The zero-order chi connectivity index (χ0) is 24.9. The molecule has 0 fully saturated rings. The van der Waals surface area contributed by atoms with Gasteiger partial charge in [0.25, 0.3) is 0 Å². The van der Waals surface area contributed by atoms with E-state index < -0.39 is 5.97 Å². The van der Waals surface area contributed by atoms with Gasteiger partial charge in [0.2, 0.25) is 0 Å². The van der Waals surface area contributed by atoms with Crippen LogP contribution in [0.3, 0.4) is 0 Å². The third-order valence-electron chi connectivity index (χ3n) is 5.45. The number of rotatable bonds is 7. The average molecular weight is 488 g/mol. The van der Waals surface area contributed by atoms with Crippen LogP contribution < -0.4 is 0 Å². The van der Waals surface area contributed by atoms with Gasteiger partial charge < -0.3 is 19.7 Å². The van der Waals surface area contributed by atoms with Gasteiger partial charge in [-0.1, -0.05) is 54.1 Å². The Balaban J connectivity index is 1.81. The predicted octanol–water partition coefficient (Wildman–Crippen LogP) is 5.94. The SMILES string of the molecule is COC(=O)C=Cc1ccc(C(=Nc2ccc(CN(C)C)cc2)c2c(O)[nH]c3cc(Cl)ccc23)cc1. The summed E-state index contributed by atoms with van der Waals surface area (Å²) in [4.78, 5) is 21.5. The van der Waals surface area contributed by atoms with E-state index in [-0.39, 0.29) is 5.88 Å². The largest absolute Gasteiger partial charge is 0.494 e. The molecule has 4 aromatic rings. The number of benzene rings is 3. The topological polar surface area (TPSA) is 77.9 Å². The van der Waals surface area contributed by atoms with Crippen molar-refractivity contribution in [1.29, 1.82) is 0 Å². The number of carbonyl (C=O) groups is 1. The monoisotopic (exact) mass is 487 g/mol. The average Bonchev–Trinajstić information content (AvgIpc) is 3.16. The van der Waals surface area contributed by atoms with Crippen LogP contribution in [-0.2, 0) is 16.1 Å². The lowest BCUT2D eigenvalue weighted by Crippen LogP contribution is -2.10. The summed E-state index contributed by atoms with van der Waals surface area (Å²) in [5.41, 5.74) is 5.51. The molecular formula is C28H26ClN3O3. The van der Waals surface area contributed by atoms with Crippen molar-refractivity contribution in [3.63, 3.8) is 0 Å². The number of nitrogens with zero attached hydrogens (tertiary/aromatic N) is 2. The minimum absolute atomic E-state index is 0.0138. The van der Waals surface area contributed by atoms with E-state index in [9.17, 15) is 9.90 Å². The molecule has 2 N–H and O–H groups in total. The summed E-state index contributed by atoms with van der Waals surface area (Å²) in [5.74, 6) is -0.406. The fraction of sp³-hybridized carbons (Fsp3) is 0.143. The van der Waals surface area contributed by atoms with Gasteiger partial charge >= 0.3 is 5.97 Å². The number of aromatic nitrogens is 1. The third-order valence-corrected chi connectivity index (χ3v) is 5.69. The minimum Gasteiger partial charge on any atom is -0.494 e. The zero-order valence-corrected chi connectivity index (χ0v) is 20.5. The van der Waals surface area contributed by atoms with E-state index in [0.717, 1.165) is 34.3 Å². The number of aromatic hydroxyl groups is 1. The Hall–Kier alpha value is -3.87. The number of aliphatic imine (C=N–C) groups is 1. The Bertz CT molecular complexity index is 1400. The number of H-pyrrole nitrogens is 1. The molecule has 0 aliphatic rings. The second-order valence-electron chi connectivity index (χ2n) is 8.38. The molecule has 0 bridgehead atoms. The quantitative estimate of drug-likeness (QED) is 0.192. The summed E-state index contributed by atoms with van der Waals surface area (Å²) in [7, 11) is 5.40. The Morgan fingerprint density at radius 2 is 1.80 bits per heavy atom. The molecule has 6 nitrogen and oxygen atoms in total. The molecular weight excluding hydrogens is 462 g/mol. The maximum absolute atomic E-state index is 11.4. The molecule has 0 atom stereocenters. The summed E-state index contributed by atoms with van der Waals surface area (Å²) in [6.07, 6.45) is 3.05. The van der Waals surface area contributed by atoms with Gasteiger partial charge in [-0.2, -0.15) is 0 Å². The number of fused-ring (bicyclic) bond motifs is 1. The Labute approximate surface area is 209 Å². The highest BCUT2D eigenvalue weighted by Crippen LogP contribution is 2.33. The standard InChI is InChI=1S/C28H26ClN3O3/c1-32(2)17-19-6-12-22(13-7-19)30-27(20-9-4-18(5-10-20)8-15-25(33)35-3)26-23-14-11-21(29)16-24(23)31-28(26)34/h4-16,31,34H,17H2,1-3H3. The van der Waals surface area contributed by atoms with E-state index in [1.54, 1.807) is 18.2 Å². The molecule has 1 aromatic heterocycles. The van der Waals surface area contributed by atoms with E-state index in [1.807, 2.05) is 68.7 Å². The van der Waals surface area contributed by atoms with Crippen molar-refractivity contribution in [1.82, 2.24) is 9.88 Å². The summed E-state index contributed by atoms with van der Waals surface area (Å²) < 4.78 is 4.65. The molecule has 0 aliphatic heterocycles. The minimum atomic E-state index is -0.420. The van der Waals surface area contributed by atoms with Gasteiger partial charge in [0.05, 0.1) is 29.6 Å². The number of methoxy groups -OCH3 is 1. The second kappa shape index (κ2) is 10.6. The van der Waals surface area contributed by atoms with Crippen molar-refractivity contribution < 1.29 is 14.6 Å². The van der Waals surface area contributed by atoms with Crippen LogP contribution in [0, 0.1) is 0 Å². The highest BCUT2D eigenvalue weighted by atomic mass is 35.5. The summed E-state index contributed by atoms with van der Waals surface area (Å²) in [5, 5.41) is 12.2. The normalized spacial score (nSPS) is 12.1. The summed E-state index contributed by atoms with van der Waals surface area (Å²) in [6, 6.07) is 21.0. The van der Waals surface area contributed by atoms with Gasteiger partial charge in [0, 0.05) is 28.6 Å². The van der Waals surface area contributed by atoms with Crippen LogP contribution in [0.25, 0.3) is 17.0 Å². The van der Waals surface area contributed by atoms with E-state index in [4.69, 9.17) is 16.6 Å². The molecule has 0 aliphatic carbocycles. The fourth-order valence-electron chi connectivity index (χ4n) is 3.81. The molecule has 4 rings (SSSR count). The van der Waals surface area contributed by atoms with Gasteiger partial charge in [-0.3, -0.25) is 0 Å². The number of halogens is 1. The van der Waals surface area contributed by atoms with Crippen LogP contribution in [0.15, 0.2) is 77.8 Å². The van der Waals surface area contributed by atoms with E-state index in [0.29, 0.717) is 16.3 Å². The van der Waals surface area contributed by atoms with Gasteiger partial charge in [0.15, 0.2) is 5.88 Å². The summed E-state index contributed by atoms with van der Waals surface area (Å²) >= 11 is 6.16. The first-order valence-corrected chi connectivity index (χ1v) is 11.4. The summed E-state index contributed by atoms with van der Waals surface area (Å²) in [6.45, 7) is 0.835. The third kappa shape index (κ3) is 5.80. The molecule has 7 heteroatoms. The first kappa shape index (κ1) is 24.3. The molecule has 0 saturated carbocycles. The highest BCUT2D eigenvalue weighted by Gasteiger charge is 2.19. The number of hydrogen-bond acceptors (Lipinski definition) is 5. The van der Waals surface area contributed by atoms with Gasteiger partial charge in [-0.05, 0) is 55.6 Å². The maximum atomic E-state index is 11.4. The van der Waals surface area contributed by atoms with Crippen LogP contribution in [-0.4, -0.2) is 47.9 Å². The van der Waals surface area contributed by atoms with Crippen LogP contribution in [0.2, 0.25) is 5.02 Å². The van der Waals surface area contributed by atoms with E-state index in [2.05, 4.69) is 14.6 Å². The smallest absolute Gasteiger partial charge is 0.330 e. The molecule has 0 saturated heterocycles. The van der Waals surface area contributed by atoms with Gasteiger partial charge in [-0.25, -0.2) is 9.79 Å². The number of aromatic amines is 1. The van der Waals surface area contributed by atoms with Crippen molar-refractivity contribution in [2.75, 3.05) is 21.2 Å². The Morgan fingerprint density at radius 3 is 2.46 bits per heavy atom. The second-order valence-corrected chi connectivity index (χ2v) is 8.82. The van der Waals surface area contributed by atoms with E-state index >= 15 is 0 Å². The number of nitrogens with one attached hydrogen (secondary N) is 1. The molecule has 178 valence electrons. The zero-order valence-electron chi connectivity index (χ0n) is 19.7. The first-order chi connectivity index (χ1) is 16.8. The molecule has 35 heavy (non-hydrogen) atoms. The van der Waals surface area contributed by atoms with Crippen LogP contribution in [0.1, 0.15) is 22.3 Å². The lowest BCUT2D eigenvalue weighted by Gasteiger charge is -2.11. The number of carbonyl (C=O) groups excluding carboxylic acids is 1. The fourth-order valence-corrected chi connectivity index (χ4v) is 3.99. The Morgan fingerprint density at radius 1 is 1.09 bits per heavy atom. The Kier molecular flexibility index (Phi) is 7.34. The number of ether oxygens (including phenoxy) is 1.